The first kappa shape index (κ1) is 10.3. The quantitative estimate of drug-likeness (QED) is 0.713. The van der Waals surface area contributed by atoms with E-state index in [1.54, 1.807) is 0 Å². The standard InChI is InChI=1S/C13H20N2/c1-9-4-5-12(6-13(9)14)15-7-10(2)11(3)8-15/h4-6,10-11H,7-8,14H2,1-3H3. The Balaban J connectivity index is 2.20. The summed E-state index contributed by atoms with van der Waals surface area (Å²) in [7, 11) is 0. The summed E-state index contributed by atoms with van der Waals surface area (Å²) in [5, 5.41) is 0. The normalized spacial score (nSPS) is 25.9. The zero-order valence-corrected chi connectivity index (χ0v) is 9.83. The van der Waals surface area contributed by atoms with Gasteiger partial charge >= 0.3 is 0 Å². The second kappa shape index (κ2) is 3.76. The maximum Gasteiger partial charge on any atom is 0.0387 e. The monoisotopic (exact) mass is 204 g/mol. The molecule has 2 atom stereocenters. The molecule has 2 nitrogen and oxygen atoms in total. The van der Waals surface area contributed by atoms with E-state index in [0.29, 0.717) is 0 Å². The average Bonchev–Trinajstić information content (AvgIpc) is 2.52. The second-order valence-corrected chi connectivity index (χ2v) is 4.90. The number of hydrogen-bond acceptors (Lipinski definition) is 2. The summed E-state index contributed by atoms with van der Waals surface area (Å²) in [6.07, 6.45) is 0. The van der Waals surface area contributed by atoms with Crippen molar-refractivity contribution in [1.29, 1.82) is 0 Å². The number of nitrogens with two attached hydrogens (primary N) is 1. The summed E-state index contributed by atoms with van der Waals surface area (Å²) in [5.74, 6) is 1.57. The number of rotatable bonds is 1. The molecule has 2 heteroatoms. The van der Waals surface area contributed by atoms with Crippen LogP contribution in [0.2, 0.25) is 0 Å². The lowest BCUT2D eigenvalue weighted by atomic mass is 10.0. The van der Waals surface area contributed by atoms with Crippen LogP contribution in [-0.4, -0.2) is 13.1 Å². The Labute approximate surface area is 92.1 Å². The smallest absolute Gasteiger partial charge is 0.0387 e. The van der Waals surface area contributed by atoms with E-state index in [4.69, 9.17) is 5.73 Å². The van der Waals surface area contributed by atoms with Crippen molar-refractivity contribution in [3.8, 4) is 0 Å². The summed E-state index contributed by atoms with van der Waals surface area (Å²) < 4.78 is 0. The molecule has 1 saturated heterocycles. The van der Waals surface area contributed by atoms with Gasteiger partial charge in [0.1, 0.15) is 0 Å². The fourth-order valence-corrected chi connectivity index (χ4v) is 2.17. The summed E-state index contributed by atoms with van der Waals surface area (Å²) in [5.41, 5.74) is 9.27. The highest BCUT2D eigenvalue weighted by atomic mass is 15.2. The first-order valence-electron chi connectivity index (χ1n) is 5.69. The van der Waals surface area contributed by atoms with Gasteiger partial charge < -0.3 is 10.6 Å². The Morgan fingerprint density at radius 2 is 1.80 bits per heavy atom. The predicted molar refractivity (Wildman–Crippen MR) is 66.1 cm³/mol. The zero-order valence-electron chi connectivity index (χ0n) is 9.83. The van der Waals surface area contributed by atoms with Gasteiger partial charge in [-0.25, -0.2) is 0 Å². The van der Waals surface area contributed by atoms with Crippen LogP contribution in [0, 0.1) is 18.8 Å². The van der Waals surface area contributed by atoms with Crippen molar-refractivity contribution in [2.75, 3.05) is 23.7 Å². The summed E-state index contributed by atoms with van der Waals surface area (Å²) in [6.45, 7) is 9.01. The molecule has 1 aromatic rings. The number of anilines is 2. The summed E-state index contributed by atoms with van der Waals surface area (Å²) in [4.78, 5) is 2.44. The molecule has 2 unspecified atom stereocenters. The molecule has 0 amide bonds. The Bertz CT molecular complexity index is 350. The van der Waals surface area contributed by atoms with Gasteiger partial charge in [-0.15, -0.1) is 0 Å². The third-order valence-electron chi connectivity index (χ3n) is 3.62. The topological polar surface area (TPSA) is 29.3 Å². The number of benzene rings is 1. The minimum absolute atomic E-state index is 0.785. The zero-order chi connectivity index (χ0) is 11.0. The summed E-state index contributed by atoms with van der Waals surface area (Å²) in [6, 6.07) is 6.38. The van der Waals surface area contributed by atoms with E-state index in [0.717, 1.165) is 30.6 Å². The van der Waals surface area contributed by atoms with Crippen LogP contribution >= 0.6 is 0 Å². The molecule has 1 heterocycles. The van der Waals surface area contributed by atoms with Gasteiger partial charge in [0.25, 0.3) is 0 Å². The molecule has 2 rings (SSSR count). The van der Waals surface area contributed by atoms with Crippen LogP contribution in [0.15, 0.2) is 18.2 Å². The van der Waals surface area contributed by atoms with E-state index in [2.05, 4.69) is 36.9 Å². The van der Waals surface area contributed by atoms with Gasteiger partial charge in [-0.2, -0.15) is 0 Å². The van der Waals surface area contributed by atoms with Crippen molar-refractivity contribution >= 4 is 11.4 Å². The molecule has 1 aromatic carbocycles. The van der Waals surface area contributed by atoms with Gasteiger partial charge in [-0.05, 0) is 36.5 Å². The van der Waals surface area contributed by atoms with Gasteiger partial charge in [0.15, 0.2) is 0 Å². The minimum Gasteiger partial charge on any atom is -0.398 e. The number of nitrogens with zero attached hydrogens (tertiary/aromatic N) is 1. The van der Waals surface area contributed by atoms with Gasteiger partial charge in [-0.1, -0.05) is 19.9 Å². The maximum atomic E-state index is 5.93. The molecular formula is C13H20N2. The molecule has 82 valence electrons. The number of nitrogen functional groups attached to an aromatic ring is 1. The number of aryl methyl sites for hydroxylation is 1. The van der Waals surface area contributed by atoms with E-state index in [9.17, 15) is 0 Å². The predicted octanol–water partition coefficient (Wildman–Crippen LogP) is 2.67. The molecule has 2 N–H and O–H groups in total. The molecule has 0 spiro atoms. The highest BCUT2D eigenvalue weighted by Crippen LogP contribution is 2.29. The maximum absolute atomic E-state index is 5.93. The van der Waals surface area contributed by atoms with E-state index in [-0.39, 0.29) is 0 Å². The molecule has 1 aliphatic rings. The highest BCUT2D eigenvalue weighted by molar-refractivity contribution is 5.60. The lowest BCUT2D eigenvalue weighted by Gasteiger charge is -2.19. The summed E-state index contributed by atoms with van der Waals surface area (Å²) >= 11 is 0. The Morgan fingerprint density at radius 3 is 2.33 bits per heavy atom. The van der Waals surface area contributed by atoms with Crippen molar-refractivity contribution in [1.82, 2.24) is 0 Å². The van der Waals surface area contributed by atoms with Gasteiger partial charge in [-0.3, -0.25) is 0 Å². The van der Waals surface area contributed by atoms with E-state index in [1.165, 1.54) is 11.3 Å². The van der Waals surface area contributed by atoms with Crippen LogP contribution < -0.4 is 10.6 Å². The molecule has 0 aliphatic carbocycles. The molecule has 0 bridgehead atoms. The molecule has 1 fully saturated rings. The van der Waals surface area contributed by atoms with Crippen LogP contribution in [0.5, 0.6) is 0 Å². The largest absolute Gasteiger partial charge is 0.398 e. The average molecular weight is 204 g/mol. The first-order valence-corrected chi connectivity index (χ1v) is 5.69. The molecule has 0 radical (unpaired) electrons. The SMILES string of the molecule is Cc1ccc(N2CC(C)C(C)C2)cc1N. The van der Waals surface area contributed by atoms with Gasteiger partial charge in [0.2, 0.25) is 0 Å². The van der Waals surface area contributed by atoms with Gasteiger partial charge in [0.05, 0.1) is 0 Å². The molecule has 0 aromatic heterocycles. The lowest BCUT2D eigenvalue weighted by Crippen LogP contribution is -2.19. The second-order valence-electron chi connectivity index (χ2n) is 4.90. The molecular weight excluding hydrogens is 184 g/mol. The molecule has 15 heavy (non-hydrogen) atoms. The molecule has 1 aliphatic heterocycles. The first-order chi connectivity index (χ1) is 7.08. The van der Waals surface area contributed by atoms with Crippen molar-refractivity contribution in [3.63, 3.8) is 0 Å². The van der Waals surface area contributed by atoms with Crippen LogP contribution in [0.3, 0.4) is 0 Å². The van der Waals surface area contributed by atoms with Gasteiger partial charge in [0, 0.05) is 24.5 Å². The van der Waals surface area contributed by atoms with E-state index in [1.807, 2.05) is 6.92 Å². The van der Waals surface area contributed by atoms with Crippen molar-refractivity contribution in [2.24, 2.45) is 11.8 Å². The fourth-order valence-electron chi connectivity index (χ4n) is 2.17. The van der Waals surface area contributed by atoms with Crippen LogP contribution in [0.25, 0.3) is 0 Å². The van der Waals surface area contributed by atoms with E-state index >= 15 is 0 Å². The minimum atomic E-state index is 0.785. The van der Waals surface area contributed by atoms with Crippen molar-refractivity contribution in [3.05, 3.63) is 23.8 Å². The Morgan fingerprint density at radius 1 is 1.20 bits per heavy atom. The van der Waals surface area contributed by atoms with Crippen LogP contribution in [0.4, 0.5) is 11.4 Å². The Kier molecular flexibility index (Phi) is 2.59. The van der Waals surface area contributed by atoms with Crippen LogP contribution in [-0.2, 0) is 0 Å². The third-order valence-corrected chi connectivity index (χ3v) is 3.62. The Hall–Kier alpha value is -1.18. The number of hydrogen-bond donors (Lipinski definition) is 1. The van der Waals surface area contributed by atoms with Crippen LogP contribution in [0.1, 0.15) is 19.4 Å². The fraction of sp³-hybridized carbons (Fsp3) is 0.538. The van der Waals surface area contributed by atoms with Crippen molar-refractivity contribution < 1.29 is 0 Å². The highest BCUT2D eigenvalue weighted by Gasteiger charge is 2.26. The third kappa shape index (κ3) is 1.94. The van der Waals surface area contributed by atoms with E-state index < -0.39 is 0 Å². The molecule has 0 saturated carbocycles. The lowest BCUT2D eigenvalue weighted by molar-refractivity contribution is 0.494. The van der Waals surface area contributed by atoms with Crippen molar-refractivity contribution in [2.45, 2.75) is 20.8 Å².